The van der Waals surface area contributed by atoms with Crippen LogP contribution in [-0.2, 0) is 13.1 Å². The first-order chi connectivity index (χ1) is 10.3. The second-order valence-corrected chi connectivity index (χ2v) is 5.71. The Labute approximate surface area is 138 Å². The maximum Gasteiger partial charge on any atom is 0.0894 e. The maximum absolute atomic E-state index is 4.76. The molecule has 0 aliphatic carbocycles. The van der Waals surface area contributed by atoms with E-state index < -0.39 is 0 Å². The van der Waals surface area contributed by atoms with Crippen molar-refractivity contribution in [2.24, 2.45) is 0 Å². The number of hydrogen-bond donors (Lipinski definition) is 0. The van der Waals surface area contributed by atoms with Gasteiger partial charge in [-0.3, -0.25) is 9.97 Å². The monoisotopic (exact) mass is 359 g/mol. The predicted octanol–water partition coefficient (Wildman–Crippen LogP) is 4.58. The molecule has 0 aliphatic rings. The van der Waals surface area contributed by atoms with Gasteiger partial charge in [0.2, 0.25) is 0 Å². The minimum atomic E-state index is 0.194. The van der Waals surface area contributed by atoms with Crippen molar-refractivity contribution in [2.45, 2.75) is 0 Å². The molecule has 108 valence electrons. The van der Waals surface area contributed by atoms with Crippen molar-refractivity contribution in [2.75, 3.05) is 0 Å². The summed E-state index contributed by atoms with van der Waals surface area (Å²) in [7, 11) is 9.53. The molecular formula is C15H11Cl2FeN3. The molecule has 0 atom stereocenters. The summed E-state index contributed by atoms with van der Waals surface area (Å²) in [5, 5.41) is 0. The quantitative estimate of drug-likeness (QED) is 0.628. The maximum atomic E-state index is 4.76. The van der Waals surface area contributed by atoms with Gasteiger partial charge in [0.25, 0.3) is 0 Å². The average Bonchev–Trinajstić information content (AvgIpc) is 2.57. The SMILES string of the molecule is [Cl][Fe][Cl].c1ccc(-c2cccc(-c3ccccn3)n2)nc1. The molecule has 0 aromatic carbocycles. The third kappa shape index (κ3) is 4.80. The molecule has 3 rings (SSSR count). The van der Waals surface area contributed by atoms with E-state index in [1.54, 1.807) is 12.4 Å². The minimum absolute atomic E-state index is 0.194. The van der Waals surface area contributed by atoms with Crippen LogP contribution in [0.3, 0.4) is 0 Å². The molecule has 0 radical (unpaired) electrons. The Balaban J connectivity index is 0.000000497. The van der Waals surface area contributed by atoms with Gasteiger partial charge in [0.15, 0.2) is 0 Å². The summed E-state index contributed by atoms with van der Waals surface area (Å²) in [6, 6.07) is 17.5. The summed E-state index contributed by atoms with van der Waals surface area (Å²) < 4.78 is 0. The molecule has 0 amide bonds. The summed E-state index contributed by atoms with van der Waals surface area (Å²) >= 11 is 0.194. The number of hydrogen-bond acceptors (Lipinski definition) is 3. The van der Waals surface area contributed by atoms with Gasteiger partial charge in [-0.2, -0.15) is 0 Å². The van der Waals surface area contributed by atoms with Gasteiger partial charge in [-0.1, -0.05) is 18.2 Å². The number of nitrogens with zero attached hydrogens (tertiary/aromatic N) is 3. The zero-order valence-corrected chi connectivity index (χ0v) is 13.4. The van der Waals surface area contributed by atoms with E-state index in [4.69, 9.17) is 20.2 Å². The molecule has 0 spiro atoms. The Morgan fingerprint density at radius 3 is 1.43 bits per heavy atom. The molecule has 3 aromatic heterocycles. The molecule has 0 saturated carbocycles. The third-order valence-corrected chi connectivity index (χ3v) is 2.60. The molecule has 3 heterocycles. The second-order valence-electron chi connectivity index (χ2n) is 3.89. The van der Waals surface area contributed by atoms with E-state index in [2.05, 4.69) is 15.0 Å². The van der Waals surface area contributed by atoms with E-state index in [9.17, 15) is 0 Å². The minimum Gasteiger partial charge on any atom is -0.255 e. The molecule has 0 fully saturated rings. The number of halogens is 2. The van der Waals surface area contributed by atoms with Crippen LogP contribution >= 0.6 is 20.2 Å². The standard InChI is InChI=1S/C15H11N3.2ClH.Fe/c1-3-10-16-12(6-1)14-8-5-9-15(18-14)13-7-2-4-11-17-13;;;/h1-11H;2*1H;/q;;;+2/p-2. The summed E-state index contributed by atoms with van der Waals surface area (Å²) in [5.74, 6) is 0. The van der Waals surface area contributed by atoms with Gasteiger partial charge in [0, 0.05) is 12.4 Å². The van der Waals surface area contributed by atoms with Gasteiger partial charge < -0.3 is 0 Å². The number of pyridine rings is 3. The van der Waals surface area contributed by atoms with Crippen molar-refractivity contribution >= 4 is 20.2 Å². The van der Waals surface area contributed by atoms with Gasteiger partial charge in [-0.25, -0.2) is 4.98 Å². The Morgan fingerprint density at radius 2 is 1.05 bits per heavy atom. The first kappa shape index (κ1) is 15.9. The van der Waals surface area contributed by atoms with E-state index in [1.165, 1.54) is 0 Å². The van der Waals surface area contributed by atoms with E-state index in [0.717, 1.165) is 22.8 Å². The van der Waals surface area contributed by atoms with Crippen molar-refractivity contribution in [1.82, 2.24) is 15.0 Å². The Morgan fingerprint density at radius 1 is 0.619 bits per heavy atom. The van der Waals surface area contributed by atoms with Gasteiger partial charge in [0.05, 0.1) is 22.8 Å². The van der Waals surface area contributed by atoms with Gasteiger partial charge in [-0.15, -0.1) is 0 Å². The summed E-state index contributed by atoms with van der Waals surface area (Å²) in [6.45, 7) is 0. The molecule has 3 aromatic rings. The molecular weight excluding hydrogens is 349 g/mol. The van der Waals surface area contributed by atoms with Crippen LogP contribution in [0, 0.1) is 0 Å². The predicted molar refractivity (Wildman–Crippen MR) is 82.4 cm³/mol. The smallest absolute Gasteiger partial charge is 0.0894 e. The van der Waals surface area contributed by atoms with E-state index in [1.807, 2.05) is 54.6 Å². The molecule has 6 heteroatoms. The number of rotatable bonds is 2. The fourth-order valence-corrected chi connectivity index (χ4v) is 1.75. The van der Waals surface area contributed by atoms with Crippen LogP contribution in [-0.4, -0.2) is 15.0 Å². The van der Waals surface area contributed by atoms with Gasteiger partial charge >= 0.3 is 33.3 Å². The largest absolute Gasteiger partial charge is 0.255 e. The Bertz CT molecular complexity index is 611. The molecule has 0 aliphatic heterocycles. The van der Waals surface area contributed by atoms with Crippen LogP contribution in [0.4, 0.5) is 0 Å². The van der Waals surface area contributed by atoms with E-state index >= 15 is 0 Å². The van der Waals surface area contributed by atoms with Crippen molar-refractivity contribution < 1.29 is 13.1 Å². The zero-order valence-electron chi connectivity index (χ0n) is 10.8. The van der Waals surface area contributed by atoms with Crippen LogP contribution in [0.2, 0.25) is 0 Å². The first-order valence-corrected chi connectivity index (χ1v) is 9.04. The Kier molecular flexibility index (Phi) is 6.64. The van der Waals surface area contributed by atoms with Crippen LogP contribution < -0.4 is 0 Å². The average molecular weight is 360 g/mol. The van der Waals surface area contributed by atoms with Crippen molar-refractivity contribution in [1.29, 1.82) is 0 Å². The van der Waals surface area contributed by atoms with Crippen LogP contribution in [0.1, 0.15) is 0 Å². The van der Waals surface area contributed by atoms with Gasteiger partial charge in [0.1, 0.15) is 0 Å². The van der Waals surface area contributed by atoms with Gasteiger partial charge in [-0.05, 0) is 36.4 Å². The van der Waals surface area contributed by atoms with Crippen LogP contribution in [0.15, 0.2) is 67.0 Å². The topological polar surface area (TPSA) is 38.7 Å². The molecule has 0 saturated heterocycles. The van der Waals surface area contributed by atoms with E-state index in [-0.39, 0.29) is 13.1 Å². The molecule has 0 unspecified atom stereocenters. The molecule has 3 nitrogen and oxygen atoms in total. The van der Waals surface area contributed by atoms with Crippen molar-refractivity contribution in [3.8, 4) is 22.8 Å². The zero-order chi connectivity index (χ0) is 14.9. The summed E-state index contributed by atoms with van der Waals surface area (Å²) in [4.78, 5) is 13.2. The fraction of sp³-hybridized carbons (Fsp3) is 0. The van der Waals surface area contributed by atoms with Crippen LogP contribution in [0.5, 0.6) is 0 Å². The van der Waals surface area contributed by atoms with Crippen molar-refractivity contribution in [3.63, 3.8) is 0 Å². The second kappa shape index (κ2) is 8.75. The number of aromatic nitrogens is 3. The fourth-order valence-electron chi connectivity index (χ4n) is 1.75. The normalized spacial score (nSPS) is 9.81. The molecule has 0 bridgehead atoms. The summed E-state index contributed by atoms with van der Waals surface area (Å²) in [5.41, 5.74) is 3.46. The summed E-state index contributed by atoms with van der Waals surface area (Å²) in [6.07, 6.45) is 3.54. The Hall–Kier alpha value is -1.45. The molecule has 21 heavy (non-hydrogen) atoms. The van der Waals surface area contributed by atoms with E-state index in [0.29, 0.717) is 0 Å². The van der Waals surface area contributed by atoms with Crippen molar-refractivity contribution in [3.05, 3.63) is 67.0 Å². The van der Waals surface area contributed by atoms with Crippen LogP contribution in [0.25, 0.3) is 22.8 Å². The first-order valence-electron chi connectivity index (χ1n) is 6.00. The third-order valence-electron chi connectivity index (χ3n) is 2.60. The molecule has 0 N–H and O–H groups in total.